The Balaban J connectivity index is 2.21. The number of amides is 1. The van der Waals surface area contributed by atoms with Gasteiger partial charge in [0.2, 0.25) is 0 Å². The van der Waals surface area contributed by atoms with E-state index in [-0.39, 0.29) is 17.1 Å². The molecule has 1 fully saturated rings. The van der Waals surface area contributed by atoms with E-state index in [4.69, 9.17) is 4.74 Å². The Morgan fingerprint density at radius 3 is 2.39 bits per heavy atom. The number of benzene rings is 2. The van der Waals surface area contributed by atoms with Crippen molar-refractivity contribution in [2.75, 3.05) is 13.7 Å². The number of aromatic hydroxyl groups is 1. The number of aliphatic hydroxyl groups is 1. The van der Waals surface area contributed by atoms with Gasteiger partial charge in [0.05, 0.1) is 24.3 Å². The molecule has 164 valence electrons. The fourth-order valence-electron chi connectivity index (χ4n) is 4.19. The van der Waals surface area contributed by atoms with E-state index in [1.165, 1.54) is 24.1 Å². The number of Topliss-reactive ketones (excluding diaryl/α,β-unsaturated/α-hetero) is 1. The van der Waals surface area contributed by atoms with Crippen molar-refractivity contribution in [2.45, 2.75) is 46.1 Å². The summed E-state index contributed by atoms with van der Waals surface area (Å²) in [6.07, 6.45) is 2.66. The number of carbonyl (C=O) groups excluding carboxylic acids is 2. The third-order valence-corrected chi connectivity index (χ3v) is 5.63. The molecule has 31 heavy (non-hydrogen) atoms. The number of rotatable bonds is 7. The van der Waals surface area contributed by atoms with Gasteiger partial charge in [-0.05, 0) is 55.2 Å². The van der Waals surface area contributed by atoms with E-state index in [2.05, 4.69) is 6.92 Å². The van der Waals surface area contributed by atoms with Crippen LogP contribution in [0.25, 0.3) is 5.76 Å². The van der Waals surface area contributed by atoms with Crippen LogP contribution in [-0.2, 0) is 9.59 Å². The van der Waals surface area contributed by atoms with Gasteiger partial charge in [0.1, 0.15) is 17.3 Å². The van der Waals surface area contributed by atoms with Gasteiger partial charge in [-0.2, -0.15) is 0 Å². The van der Waals surface area contributed by atoms with Crippen LogP contribution in [0.2, 0.25) is 0 Å². The topological polar surface area (TPSA) is 87.1 Å². The Morgan fingerprint density at radius 2 is 1.77 bits per heavy atom. The largest absolute Gasteiger partial charge is 0.508 e. The molecule has 1 unspecified atom stereocenters. The van der Waals surface area contributed by atoms with Crippen molar-refractivity contribution in [1.29, 1.82) is 0 Å². The minimum Gasteiger partial charge on any atom is -0.508 e. The van der Waals surface area contributed by atoms with Gasteiger partial charge in [-0.1, -0.05) is 38.0 Å². The lowest BCUT2D eigenvalue weighted by molar-refractivity contribution is -0.139. The standard InChI is InChI=1S/C25H29NO5/c1-5-6-7-12-26-21(17-8-10-18(27)11-9-17)20(23(29)25(26)30)22(28)19-14-15(2)13-16(3)24(19)31-4/h8-11,13-14,21,27-28H,5-7,12H2,1-4H3/b22-20+. The molecule has 0 bridgehead atoms. The molecule has 2 aromatic carbocycles. The zero-order valence-corrected chi connectivity index (χ0v) is 18.4. The van der Waals surface area contributed by atoms with Crippen LogP contribution in [0, 0.1) is 13.8 Å². The van der Waals surface area contributed by atoms with Gasteiger partial charge in [-0.15, -0.1) is 0 Å². The average Bonchev–Trinajstić information content (AvgIpc) is 2.98. The average molecular weight is 424 g/mol. The Hall–Kier alpha value is -3.28. The maximum Gasteiger partial charge on any atom is 0.295 e. The van der Waals surface area contributed by atoms with E-state index < -0.39 is 17.7 Å². The predicted octanol–water partition coefficient (Wildman–Crippen LogP) is 4.63. The van der Waals surface area contributed by atoms with Gasteiger partial charge in [0.25, 0.3) is 11.7 Å². The monoisotopic (exact) mass is 423 g/mol. The van der Waals surface area contributed by atoms with Crippen molar-refractivity contribution >= 4 is 17.4 Å². The second kappa shape index (κ2) is 9.25. The summed E-state index contributed by atoms with van der Waals surface area (Å²) in [5.74, 6) is -1.04. The summed E-state index contributed by atoms with van der Waals surface area (Å²) in [5, 5.41) is 21.0. The van der Waals surface area contributed by atoms with E-state index in [1.807, 2.05) is 19.9 Å². The third kappa shape index (κ3) is 4.29. The molecule has 3 rings (SSSR count). The molecule has 1 aliphatic heterocycles. The first-order chi connectivity index (χ1) is 14.8. The SMILES string of the molecule is CCCCCN1C(=O)C(=O)/C(=C(/O)c2cc(C)cc(C)c2OC)C1c1ccc(O)cc1. The van der Waals surface area contributed by atoms with Crippen molar-refractivity contribution in [1.82, 2.24) is 4.90 Å². The summed E-state index contributed by atoms with van der Waals surface area (Å²) in [5.41, 5.74) is 2.80. The first kappa shape index (κ1) is 22.4. The second-order valence-corrected chi connectivity index (χ2v) is 7.95. The predicted molar refractivity (Wildman–Crippen MR) is 119 cm³/mol. The lowest BCUT2D eigenvalue weighted by Crippen LogP contribution is -2.30. The van der Waals surface area contributed by atoms with E-state index >= 15 is 0 Å². The Morgan fingerprint density at radius 1 is 1.10 bits per heavy atom. The van der Waals surface area contributed by atoms with E-state index in [9.17, 15) is 19.8 Å². The second-order valence-electron chi connectivity index (χ2n) is 7.95. The molecule has 1 aliphatic rings. The van der Waals surface area contributed by atoms with Crippen molar-refractivity contribution in [3.63, 3.8) is 0 Å². The molecule has 0 radical (unpaired) electrons. The molecule has 2 aromatic rings. The fraction of sp³-hybridized carbons (Fsp3) is 0.360. The molecule has 6 nitrogen and oxygen atoms in total. The zero-order chi connectivity index (χ0) is 22.7. The highest BCUT2D eigenvalue weighted by atomic mass is 16.5. The maximum atomic E-state index is 13.1. The number of carbonyl (C=O) groups is 2. The van der Waals surface area contributed by atoms with Crippen LogP contribution in [0.5, 0.6) is 11.5 Å². The van der Waals surface area contributed by atoms with Gasteiger partial charge >= 0.3 is 0 Å². The summed E-state index contributed by atoms with van der Waals surface area (Å²) >= 11 is 0. The van der Waals surface area contributed by atoms with Crippen molar-refractivity contribution < 1.29 is 24.5 Å². The molecule has 0 spiro atoms. The van der Waals surface area contributed by atoms with Crippen molar-refractivity contribution in [3.05, 3.63) is 64.2 Å². The molecule has 6 heteroatoms. The maximum absolute atomic E-state index is 13.1. The summed E-state index contributed by atoms with van der Waals surface area (Å²) < 4.78 is 5.50. The van der Waals surface area contributed by atoms with Crippen LogP contribution < -0.4 is 4.74 Å². The van der Waals surface area contributed by atoms with Gasteiger partial charge in [0, 0.05) is 6.54 Å². The minimum absolute atomic E-state index is 0.0375. The number of aliphatic hydroxyl groups excluding tert-OH is 1. The van der Waals surface area contributed by atoms with Crippen LogP contribution in [0.4, 0.5) is 0 Å². The number of phenols is 1. The Kier molecular flexibility index (Phi) is 6.68. The number of hydrogen-bond acceptors (Lipinski definition) is 5. The van der Waals surface area contributed by atoms with Crippen LogP contribution >= 0.6 is 0 Å². The third-order valence-electron chi connectivity index (χ3n) is 5.63. The number of likely N-dealkylation sites (tertiary alicyclic amines) is 1. The highest BCUT2D eigenvalue weighted by molar-refractivity contribution is 6.46. The first-order valence-electron chi connectivity index (χ1n) is 10.5. The number of unbranched alkanes of at least 4 members (excludes halogenated alkanes) is 2. The molecule has 1 heterocycles. The normalized spacial score (nSPS) is 17.9. The summed E-state index contributed by atoms with van der Waals surface area (Å²) in [6, 6.07) is 9.31. The van der Waals surface area contributed by atoms with E-state index in [0.717, 1.165) is 30.4 Å². The molecule has 2 N–H and O–H groups in total. The van der Waals surface area contributed by atoms with E-state index in [0.29, 0.717) is 23.4 Å². The smallest absolute Gasteiger partial charge is 0.295 e. The summed E-state index contributed by atoms with van der Waals surface area (Å²) in [6.45, 7) is 6.23. The zero-order valence-electron chi connectivity index (χ0n) is 18.4. The van der Waals surface area contributed by atoms with Gasteiger partial charge in [-0.25, -0.2) is 0 Å². The number of aryl methyl sites for hydroxylation is 2. The van der Waals surface area contributed by atoms with Gasteiger partial charge < -0.3 is 19.8 Å². The number of ether oxygens (including phenoxy) is 1. The quantitative estimate of drug-likeness (QED) is 0.293. The van der Waals surface area contributed by atoms with Crippen LogP contribution in [-0.4, -0.2) is 40.5 Å². The highest BCUT2D eigenvalue weighted by Crippen LogP contribution is 2.42. The fourth-order valence-corrected chi connectivity index (χ4v) is 4.19. The number of hydrogen-bond donors (Lipinski definition) is 2. The lowest BCUT2D eigenvalue weighted by Gasteiger charge is -2.25. The minimum atomic E-state index is -0.733. The molecule has 0 aromatic heterocycles. The number of methoxy groups -OCH3 is 1. The molecule has 1 atom stereocenters. The summed E-state index contributed by atoms with van der Waals surface area (Å²) in [4.78, 5) is 27.5. The Labute approximate surface area is 182 Å². The van der Waals surface area contributed by atoms with Crippen LogP contribution in [0.15, 0.2) is 42.0 Å². The molecular formula is C25H29NO5. The van der Waals surface area contributed by atoms with E-state index in [1.54, 1.807) is 18.2 Å². The van der Waals surface area contributed by atoms with Crippen molar-refractivity contribution in [3.8, 4) is 11.5 Å². The molecular weight excluding hydrogens is 394 g/mol. The molecule has 1 amide bonds. The molecule has 0 saturated carbocycles. The van der Waals surface area contributed by atoms with Crippen LogP contribution in [0.1, 0.15) is 54.5 Å². The first-order valence-corrected chi connectivity index (χ1v) is 10.5. The molecule has 1 saturated heterocycles. The Bertz CT molecular complexity index is 1020. The van der Waals surface area contributed by atoms with Gasteiger partial charge in [0.15, 0.2) is 0 Å². The number of ketones is 1. The lowest BCUT2D eigenvalue weighted by atomic mass is 9.93. The van der Waals surface area contributed by atoms with Gasteiger partial charge in [-0.3, -0.25) is 9.59 Å². The molecule has 0 aliphatic carbocycles. The summed E-state index contributed by atoms with van der Waals surface area (Å²) in [7, 11) is 1.51. The highest BCUT2D eigenvalue weighted by Gasteiger charge is 2.46. The van der Waals surface area contributed by atoms with Crippen LogP contribution in [0.3, 0.4) is 0 Å². The number of nitrogens with zero attached hydrogens (tertiary/aromatic N) is 1. The number of phenolic OH excluding ortho intramolecular Hbond substituents is 1. The van der Waals surface area contributed by atoms with Crippen molar-refractivity contribution in [2.24, 2.45) is 0 Å².